The summed E-state index contributed by atoms with van der Waals surface area (Å²) in [6.45, 7) is 1.68. The van der Waals surface area contributed by atoms with Crippen molar-refractivity contribution >= 4 is 33.2 Å². The predicted octanol–water partition coefficient (Wildman–Crippen LogP) is 4.89. The highest BCUT2D eigenvalue weighted by Crippen LogP contribution is 2.40. The Hall–Kier alpha value is -2.74. The quantitative estimate of drug-likeness (QED) is 0.306. The molecule has 13 heteroatoms. The number of benzene rings is 2. The first-order valence-electron chi connectivity index (χ1n) is 13.5. The van der Waals surface area contributed by atoms with Crippen molar-refractivity contribution < 1.29 is 36.3 Å². The van der Waals surface area contributed by atoms with Gasteiger partial charge < -0.3 is 14.5 Å². The number of piperidine rings is 1. The molecule has 0 radical (unpaired) electrons. The zero-order valence-electron chi connectivity index (χ0n) is 22.2. The Labute approximate surface area is 241 Å². The highest BCUT2D eigenvalue weighted by Gasteiger charge is 2.54. The molecule has 3 aliphatic rings. The van der Waals surface area contributed by atoms with Gasteiger partial charge in [0.2, 0.25) is 0 Å². The van der Waals surface area contributed by atoms with Crippen molar-refractivity contribution in [3.05, 3.63) is 66.4 Å². The van der Waals surface area contributed by atoms with Gasteiger partial charge in [-0.2, -0.15) is 0 Å². The van der Waals surface area contributed by atoms with Crippen LogP contribution in [0, 0.1) is 0 Å². The number of ether oxygens (including phenoxy) is 1. The van der Waals surface area contributed by atoms with Crippen LogP contribution in [0.4, 0.5) is 18.9 Å². The van der Waals surface area contributed by atoms with Crippen LogP contribution in [0.5, 0.6) is 5.75 Å². The van der Waals surface area contributed by atoms with E-state index in [1.807, 2.05) is 17.2 Å². The molecule has 2 aromatic rings. The van der Waals surface area contributed by atoms with Crippen molar-refractivity contribution in [3.63, 3.8) is 0 Å². The van der Waals surface area contributed by atoms with E-state index < -0.39 is 26.9 Å². The molecule has 2 heterocycles. The normalized spacial score (nSPS) is 21.5. The molecule has 1 amide bonds. The average Bonchev–Trinajstić information content (AvgIpc) is 3.82. The van der Waals surface area contributed by atoms with Crippen molar-refractivity contribution in [1.82, 2.24) is 10.4 Å². The van der Waals surface area contributed by atoms with E-state index in [0.717, 1.165) is 30.5 Å². The molecular weight excluding hydrogens is 579 g/mol. The second kappa shape index (κ2) is 11.9. The third-order valence-electron chi connectivity index (χ3n) is 7.93. The predicted molar refractivity (Wildman–Crippen MR) is 149 cm³/mol. The van der Waals surface area contributed by atoms with Crippen LogP contribution in [0.3, 0.4) is 0 Å². The number of hydroxylamine groups is 1. The minimum absolute atomic E-state index is 0.0470. The molecule has 1 unspecified atom stereocenters. The third-order valence-corrected chi connectivity index (χ3v) is 11.8. The largest absolute Gasteiger partial charge is 0.573 e. The fourth-order valence-corrected chi connectivity index (χ4v) is 8.44. The smallest absolute Gasteiger partial charge is 0.406 e. The molecule has 2 aromatic carbocycles. The number of alkyl halides is 3. The molecule has 1 aliphatic carbocycles. The molecular formula is C28H32F3N3O5S2. The van der Waals surface area contributed by atoms with Crippen LogP contribution in [0.1, 0.15) is 37.7 Å². The highest BCUT2D eigenvalue weighted by atomic mass is 32.2. The van der Waals surface area contributed by atoms with Gasteiger partial charge in [-0.25, -0.2) is 13.9 Å². The Morgan fingerprint density at radius 1 is 1.02 bits per heavy atom. The van der Waals surface area contributed by atoms with E-state index in [2.05, 4.69) is 9.64 Å². The number of sulfone groups is 1. The van der Waals surface area contributed by atoms with Crippen LogP contribution in [0.15, 0.2) is 65.7 Å². The van der Waals surface area contributed by atoms with Gasteiger partial charge in [-0.3, -0.25) is 10.0 Å². The standard InChI is InChI=1S/C28H32F3N3O5S2/c29-28(30,31)39-23-7-1-20(2-8-23)19-40-24-11-15-33(16-12-24)22-5-9-25(10-6-22)41(37,38)27(26(35)32-36)13-17-34(18-14-27)21-3-4-21/h1-2,5-11,15,21,24,36H,3-4,12-14,16-19H2,(H,32,35). The lowest BCUT2D eigenvalue weighted by Crippen LogP contribution is -2.58. The molecule has 1 saturated heterocycles. The molecule has 0 bridgehead atoms. The Balaban J connectivity index is 1.19. The number of hydrogen-bond donors (Lipinski definition) is 2. The SMILES string of the molecule is O=C(NO)C1(S(=O)(=O)c2ccc(N3C=CC(SCc4ccc(OC(F)(F)F)cc4)CC3)cc2)CCN(C2CC2)CC1. The Morgan fingerprint density at radius 2 is 1.68 bits per heavy atom. The molecule has 1 atom stereocenters. The van der Waals surface area contributed by atoms with Crippen molar-refractivity contribution in [1.29, 1.82) is 0 Å². The number of carbonyl (C=O) groups is 1. The van der Waals surface area contributed by atoms with Gasteiger partial charge in [-0.05, 0) is 74.1 Å². The highest BCUT2D eigenvalue weighted by molar-refractivity contribution is 7.99. The van der Waals surface area contributed by atoms with Crippen LogP contribution in [-0.4, -0.2) is 66.5 Å². The number of nitrogens with zero attached hydrogens (tertiary/aromatic N) is 2. The number of halogens is 3. The summed E-state index contributed by atoms with van der Waals surface area (Å²) in [7, 11) is -4.07. The van der Waals surface area contributed by atoms with E-state index in [1.165, 1.54) is 24.3 Å². The van der Waals surface area contributed by atoms with Crippen LogP contribution in [-0.2, 0) is 20.4 Å². The van der Waals surface area contributed by atoms with E-state index in [9.17, 15) is 31.6 Å². The maximum Gasteiger partial charge on any atom is 0.573 e. The maximum absolute atomic E-state index is 13.7. The summed E-state index contributed by atoms with van der Waals surface area (Å²) in [6.07, 6.45) is 2.54. The fraction of sp³-hybridized carbons (Fsp3) is 0.464. The maximum atomic E-state index is 13.7. The molecule has 222 valence electrons. The molecule has 0 spiro atoms. The summed E-state index contributed by atoms with van der Waals surface area (Å²) < 4.78 is 66.7. The van der Waals surface area contributed by atoms with E-state index in [4.69, 9.17) is 0 Å². The van der Waals surface area contributed by atoms with E-state index in [0.29, 0.717) is 31.4 Å². The first kappa shape index (κ1) is 29.7. The van der Waals surface area contributed by atoms with Gasteiger partial charge in [-0.15, -0.1) is 24.9 Å². The minimum Gasteiger partial charge on any atom is -0.406 e. The third kappa shape index (κ3) is 6.68. The number of carbonyl (C=O) groups excluding carboxylic acids is 1. The lowest BCUT2D eigenvalue weighted by molar-refractivity contribution is -0.274. The fourth-order valence-electron chi connectivity index (χ4n) is 5.43. The monoisotopic (exact) mass is 611 g/mol. The van der Waals surface area contributed by atoms with Crippen LogP contribution in [0.25, 0.3) is 0 Å². The first-order valence-corrected chi connectivity index (χ1v) is 16.0. The molecule has 41 heavy (non-hydrogen) atoms. The number of nitrogens with one attached hydrogen (secondary N) is 1. The summed E-state index contributed by atoms with van der Waals surface area (Å²) >= 11 is 1.68. The summed E-state index contributed by atoms with van der Waals surface area (Å²) in [6, 6.07) is 12.8. The first-order chi connectivity index (χ1) is 19.5. The van der Waals surface area contributed by atoms with E-state index in [1.54, 1.807) is 41.5 Å². The molecule has 1 saturated carbocycles. The molecule has 8 nitrogen and oxygen atoms in total. The number of likely N-dealkylation sites (tertiary alicyclic amines) is 1. The van der Waals surface area contributed by atoms with Crippen LogP contribution < -0.4 is 15.1 Å². The average molecular weight is 612 g/mol. The van der Waals surface area contributed by atoms with Gasteiger partial charge in [0.15, 0.2) is 14.6 Å². The van der Waals surface area contributed by atoms with Crippen molar-refractivity contribution in [2.24, 2.45) is 0 Å². The lowest BCUT2D eigenvalue weighted by atomic mass is 9.94. The Morgan fingerprint density at radius 3 is 2.22 bits per heavy atom. The van der Waals surface area contributed by atoms with Gasteiger partial charge in [-0.1, -0.05) is 18.2 Å². The van der Waals surface area contributed by atoms with E-state index >= 15 is 0 Å². The Kier molecular flexibility index (Phi) is 8.61. The molecule has 2 N–H and O–H groups in total. The number of hydrogen-bond acceptors (Lipinski definition) is 8. The summed E-state index contributed by atoms with van der Waals surface area (Å²) in [5, 5.41) is 9.62. The minimum atomic E-state index is -4.71. The number of anilines is 1. The zero-order valence-corrected chi connectivity index (χ0v) is 23.9. The topological polar surface area (TPSA) is 99.2 Å². The second-order valence-electron chi connectivity index (χ2n) is 10.6. The summed E-state index contributed by atoms with van der Waals surface area (Å²) in [5.41, 5.74) is 3.31. The second-order valence-corrected chi connectivity index (χ2v) is 14.1. The van der Waals surface area contributed by atoms with Crippen molar-refractivity contribution in [3.8, 4) is 5.75 Å². The molecule has 2 fully saturated rings. The van der Waals surface area contributed by atoms with Crippen molar-refractivity contribution in [2.75, 3.05) is 24.5 Å². The van der Waals surface area contributed by atoms with E-state index in [-0.39, 0.29) is 28.7 Å². The van der Waals surface area contributed by atoms with Crippen LogP contribution in [0.2, 0.25) is 0 Å². The number of thioether (sulfide) groups is 1. The van der Waals surface area contributed by atoms with Gasteiger partial charge in [0.1, 0.15) is 5.75 Å². The van der Waals surface area contributed by atoms with Gasteiger partial charge in [0.25, 0.3) is 5.91 Å². The lowest BCUT2D eigenvalue weighted by Gasteiger charge is -2.39. The van der Waals surface area contributed by atoms with Gasteiger partial charge >= 0.3 is 6.36 Å². The molecule has 5 rings (SSSR count). The van der Waals surface area contributed by atoms with Gasteiger partial charge in [0.05, 0.1) is 4.90 Å². The van der Waals surface area contributed by atoms with Gasteiger partial charge in [0, 0.05) is 48.6 Å². The summed E-state index contributed by atoms with van der Waals surface area (Å²) in [4.78, 5) is 17.0. The summed E-state index contributed by atoms with van der Waals surface area (Å²) in [5.74, 6) is -0.496. The van der Waals surface area contributed by atoms with Crippen molar-refractivity contribution in [2.45, 2.75) is 65.2 Å². The number of rotatable bonds is 9. The zero-order chi connectivity index (χ0) is 29.3. The van der Waals surface area contributed by atoms with Crippen LogP contribution >= 0.6 is 11.8 Å². The Bertz CT molecular complexity index is 1360. The molecule has 0 aromatic heterocycles. The number of amides is 1. The molecule has 2 aliphatic heterocycles.